The van der Waals surface area contributed by atoms with E-state index in [4.69, 9.17) is 40.7 Å². The summed E-state index contributed by atoms with van der Waals surface area (Å²) in [5.74, 6) is 2.10. The molecule has 0 saturated heterocycles. The standard InChI is InChI=1S/C32H38N3O6P3/c1-7-36-42(37-8-2)33-43(38-29-17-9-13-25(3)21-29,39-30-18-10-14-26(4)22-30)35-44(34-42,40-31-19-11-15-27(5)23-31)41-32-20-12-16-28(6)24-32/h9-24H,7-8H2,1-6H3. The van der Waals surface area contributed by atoms with Crippen LogP contribution in [0.1, 0.15) is 36.1 Å². The molecule has 0 aromatic heterocycles. The maximum absolute atomic E-state index is 6.72. The van der Waals surface area contributed by atoms with E-state index in [-0.39, 0.29) is 13.2 Å². The molecule has 0 fully saturated rings. The van der Waals surface area contributed by atoms with Gasteiger partial charge in [0.15, 0.2) is 0 Å². The van der Waals surface area contributed by atoms with Crippen LogP contribution in [0.25, 0.3) is 0 Å². The summed E-state index contributed by atoms with van der Waals surface area (Å²) < 4.78 is 54.8. The van der Waals surface area contributed by atoms with Crippen LogP contribution >= 0.6 is 23.0 Å². The van der Waals surface area contributed by atoms with Crippen LogP contribution in [-0.2, 0) is 9.05 Å². The van der Waals surface area contributed by atoms with Gasteiger partial charge in [-0.25, -0.2) is 0 Å². The Morgan fingerprint density at radius 2 is 0.705 bits per heavy atom. The highest BCUT2D eigenvalue weighted by atomic mass is 31.3. The Kier molecular flexibility index (Phi) is 10.0. The van der Waals surface area contributed by atoms with Crippen molar-refractivity contribution in [3.8, 4) is 23.0 Å². The minimum Gasteiger partial charge on any atom is -0.413 e. The number of nitrogens with zero attached hydrogens (tertiary/aromatic N) is 3. The van der Waals surface area contributed by atoms with Gasteiger partial charge in [-0.3, -0.25) is 0 Å². The molecule has 1 aliphatic heterocycles. The number of benzene rings is 4. The molecule has 0 amide bonds. The lowest BCUT2D eigenvalue weighted by Crippen LogP contribution is -2.09. The van der Waals surface area contributed by atoms with E-state index in [1.807, 2.05) is 139 Å². The van der Waals surface area contributed by atoms with E-state index in [1.165, 1.54) is 0 Å². The Morgan fingerprint density at radius 1 is 0.432 bits per heavy atom. The Morgan fingerprint density at radius 3 is 0.977 bits per heavy atom. The molecule has 0 aliphatic carbocycles. The normalized spacial score (nSPS) is 16.0. The monoisotopic (exact) mass is 653 g/mol. The molecule has 44 heavy (non-hydrogen) atoms. The summed E-state index contributed by atoms with van der Waals surface area (Å²) >= 11 is 0. The van der Waals surface area contributed by atoms with Crippen molar-refractivity contribution in [1.82, 2.24) is 0 Å². The Balaban J connectivity index is 1.84. The summed E-state index contributed by atoms with van der Waals surface area (Å²) in [4.78, 5) is 0. The summed E-state index contributed by atoms with van der Waals surface area (Å²) in [6.07, 6.45) is 0. The van der Waals surface area contributed by atoms with Crippen LogP contribution in [0.15, 0.2) is 111 Å². The van der Waals surface area contributed by atoms with Crippen molar-refractivity contribution in [2.45, 2.75) is 41.5 Å². The van der Waals surface area contributed by atoms with Gasteiger partial charge in [0.25, 0.3) is 0 Å². The summed E-state index contributed by atoms with van der Waals surface area (Å²) in [6, 6.07) is 30.6. The maximum Gasteiger partial charge on any atom is 0.459 e. The minimum atomic E-state index is -3.72. The van der Waals surface area contributed by atoms with Crippen LogP contribution in [0, 0.1) is 27.7 Å². The molecule has 9 nitrogen and oxygen atoms in total. The third-order valence-electron chi connectivity index (χ3n) is 6.13. The molecule has 1 aliphatic rings. The number of hydrogen-bond donors (Lipinski definition) is 0. The lowest BCUT2D eigenvalue weighted by molar-refractivity contribution is 0.259. The van der Waals surface area contributed by atoms with E-state index in [9.17, 15) is 0 Å². The van der Waals surface area contributed by atoms with Crippen LogP contribution < -0.4 is 18.1 Å². The molecule has 232 valence electrons. The molecular weight excluding hydrogens is 615 g/mol. The van der Waals surface area contributed by atoms with Crippen molar-refractivity contribution in [2.24, 2.45) is 13.5 Å². The number of hydrogen-bond acceptors (Lipinski definition) is 9. The Hall–Kier alpha value is -3.31. The van der Waals surface area contributed by atoms with Crippen molar-refractivity contribution >= 4 is 23.0 Å². The number of aryl methyl sites for hydroxylation is 4. The Labute approximate surface area is 260 Å². The zero-order chi connectivity index (χ0) is 31.2. The fraction of sp³-hybridized carbons (Fsp3) is 0.250. The first-order valence-electron chi connectivity index (χ1n) is 14.4. The van der Waals surface area contributed by atoms with Crippen LogP contribution in [0.5, 0.6) is 23.0 Å². The van der Waals surface area contributed by atoms with Gasteiger partial charge in [-0.2, -0.15) is 0 Å². The fourth-order valence-electron chi connectivity index (χ4n) is 4.38. The van der Waals surface area contributed by atoms with Gasteiger partial charge >= 0.3 is 23.0 Å². The molecule has 0 saturated carbocycles. The fourth-order valence-corrected chi connectivity index (χ4v) is 13.6. The zero-order valence-electron chi connectivity index (χ0n) is 25.8. The van der Waals surface area contributed by atoms with E-state index in [0.29, 0.717) is 23.0 Å². The highest BCUT2D eigenvalue weighted by Crippen LogP contribution is 2.79. The smallest absolute Gasteiger partial charge is 0.413 e. The quantitative estimate of drug-likeness (QED) is 0.141. The third kappa shape index (κ3) is 8.04. The zero-order valence-corrected chi connectivity index (χ0v) is 28.5. The highest BCUT2D eigenvalue weighted by Gasteiger charge is 2.46. The molecular formula is C32H38N3O6P3. The van der Waals surface area contributed by atoms with Gasteiger partial charge in [0.2, 0.25) is 0 Å². The number of rotatable bonds is 12. The minimum absolute atomic E-state index is 0.268. The first-order chi connectivity index (χ1) is 21.1. The van der Waals surface area contributed by atoms with Crippen LogP contribution in [0.4, 0.5) is 0 Å². The van der Waals surface area contributed by atoms with Gasteiger partial charge in [-0.05, 0) is 112 Å². The molecule has 5 rings (SSSR count). The molecule has 0 unspecified atom stereocenters. The second-order valence-electron chi connectivity index (χ2n) is 10.2. The molecule has 4 aromatic rings. The lowest BCUT2D eigenvalue weighted by Gasteiger charge is -2.33. The van der Waals surface area contributed by atoms with Crippen LogP contribution in [0.2, 0.25) is 0 Å². The molecule has 0 N–H and O–H groups in total. The molecule has 0 radical (unpaired) electrons. The average molecular weight is 654 g/mol. The molecule has 0 spiro atoms. The van der Waals surface area contributed by atoms with Crippen LogP contribution in [0.3, 0.4) is 0 Å². The van der Waals surface area contributed by atoms with E-state index >= 15 is 0 Å². The van der Waals surface area contributed by atoms with Gasteiger partial charge in [0.1, 0.15) is 23.0 Å². The van der Waals surface area contributed by atoms with Crippen molar-refractivity contribution in [3.63, 3.8) is 0 Å². The third-order valence-corrected chi connectivity index (χ3v) is 14.5. The maximum atomic E-state index is 6.72. The summed E-state index contributed by atoms with van der Waals surface area (Å²) in [5, 5.41) is 0. The van der Waals surface area contributed by atoms with Crippen molar-refractivity contribution < 1.29 is 27.1 Å². The second kappa shape index (κ2) is 13.8. The van der Waals surface area contributed by atoms with Crippen molar-refractivity contribution in [1.29, 1.82) is 0 Å². The Bertz CT molecular complexity index is 1600. The van der Waals surface area contributed by atoms with Crippen molar-refractivity contribution in [2.75, 3.05) is 13.2 Å². The molecule has 4 aromatic carbocycles. The first kappa shape index (κ1) is 32.1. The van der Waals surface area contributed by atoms with Crippen LogP contribution in [-0.4, -0.2) is 13.2 Å². The molecule has 0 bridgehead atoms. The topological polar surface area (TPSA) is 92.5 Å². The van der Waals surface area contributed by atoms with Gasteiger partial charge < -0.3 is 27.1 Å². The average Bonchev–Trinajstić information content (AvgIpc) is 2.93. The lowest BCUT2D eigenvalue weighted by atomic mass is 10.2. The van der Waals surface area contributed by atoms with Gasteiger partial charge in [0.05, 0.1) is 13.2 Å². The largest absolute Gasteiger partial charge is 0.459 e. The SMILES string of the molecule is CCOP1(OCC)=NP(Oc2cccc(C)c2)(Oc2cccc(C)c2)=NP(Oc2cccc(C)c2)(Oc2cccc(C)c2)=N1. The molecule has 1 heterocycles. The van der Waals surface area contributed by atoms with Gasteiger partial charge in [0, 0.05) is 0 Å². The first-order valence-corrected chi connectivity index (χ1v) is 19.0. The summed E-state index contributed by atoms with van der Waals surface area (Å²) in [6.45, 7) is 12.2. The molecule has 12 heteroatoms. The molecule has 0 atom stereocenters. The van der Waals surface area contributed by atoms with E-state index in [2.05, 4.69) is 0 Å². The van der Waals surface area contributed by atoms with E-state index in [1.54, 1.807) is 0 Å². The van der Waals surface area contributed by atoms with E-state index in [0.717, 1.165) is 22.3 Å². The van der Waals surface area contributed by atoms with Gasteiger partial charge in [-0.15, -0.1) is 9.03 Å². The highest BCUT2D eigenvalue weighted by molar-refractivity contribution is 7.78. The van der Waals surface area contributed by atoms with Gasteiger partial charge in [-0.1, -0.05) is 53.0 Å². The predicted octanol–water partition coefficient (Wildman–Crippen LogP) is 11.5. The summed E-state index contributed by atoms with van der Waals surface area (Å²) in [7, 11) is -10.9. The summed E-state index contributed by atoms with van der Waals surface area (Å²) in [5.41, 5.74) is 4.01. The predicted molar refractivity (Wildman–Crippen MR) is 179 cm³/mol. The second-order valence-corrected chi connectivity index (χ2v) is 16.5. The van der Waals surface area contributed by atoms with Crippen molar-refractivity contribution in [3.05, 3.63) is 119 Å². The van der Waals surface area contributed by atoms with E-state index < -0.39 is 23.0 Å².